The molecule has 1 aromatic carbocycles. The second kappa shape index (κ2) is 5.14. The van der Waals surface area contributed by atoms with Crippen molar-refractivity contribution < 1.29 is 9.90 Å². The molecule has 0 aliphatic rings. The van der Waals surface area contributed by atoms with E-state index in [1.54, 1.807) is 25.2 Å². The summed E-state index contributed by atoms with van der Waals surface area (Å²) in [4.78, 5) is 13.2. The van der Waals surface area contributed by atoms with E-state index in [-0.39, 0.29) is 12.5 Å². The number of carbonyl (C=O) groups is 1. The summed E-state index contributed by atoms with van der Waals surface area (Å²) in [7, 11) is 1.66. The number of aliphatic hydroxyl groups is 1. The Morgan fingerprint density at radius 2 is 2.20 bits per heavy atom. The standard InChI is InChI=1S/C11H14ClNO2/c1-8-7-9(3-4-10(8)12)11(15)13(2)5-6-14/h3-4,7,14H,5-6H2,1-2H3. The molecule has 1 aromatic rings. The fourth-order valence-electron chi connectivity index (χ4n) is 1.25. The predicted molar refractivity (Wildman–Crippen MR) is 60.2 cm³/mol. The van der Waals surface area contributed by atoms with Gasteiger partial charge in [0.05, 0.1) is 6.61 Å². The van der Waals surface area contributed by atoms with Gasteiger partial charge in [0.2, 0.25) is 0 Å². The first-order chi connectivity index (χ1) is 7.06. The summed E-state index contributed by atoms with van der Waals surface area (Å²) >= 11 is 5.86. The van der Waals surface area contributed by atoms with Crippen LogP contribution in [0.5, 0.6) is 0 Å². The van der Waals surface area contributed by atoms with E-state index in [9.17, 15) is 4.79 Å². The van der Waals surface area contributed by atoms with Crippen LogP contribution in [-0.2, 0) is 0 Å². The summed E-state index contributed by atoms with van der Waals surface area (Å²) in [5, 5.41) is 9.37. The SMILES string of the molecule is Cc1cc(C(=O)N(C)CCO)ccc1Cl. The zero-order chi connectivity index (χ0) is 11.4. The summed E-state index contributed by atoms with van der Waals surface area (Å²) in [6, 6.07) is 5.14. The third-order valence-corrected chi connectivity index (χ3v) is 2.61. The first-order valence-corrected chi connectivity index (χ1v) is 5.06. The molecule has 1 amide bonds. The lowest BCUT2D eigenvalue weighted by atomic mass is 10.1. The molecule has 0 saturated heterocycles. The molecule has 0 bridgehead atoms. The van der Waals surface area contributed by atoms with Gasteiger partial charge in [0, 0.05) is 24.2 Å². The highest BCUT2D eigenvalue weighted by Gasteiger charge is 2.11. The lowest BCUT2D eigenvalue weighted by Crippen LogP contribution is -2.29. The van der Waals surface area contributed by atoms with Crippen LogP contribution < -0.4 is 0 Å². The molecule has 0 spiro atoms. The van der Waals surface area contributed by atoms with E-state index in [1.807, 2.05) is 6.92 Å². The summed E-state index contributed by atoms with van der Waals surface area (Å²) in [6.07, 6.45) is 0. The lowest BCUT2D eigenvalue weighted by molar-refractivity contribution is 0.0767. The van der Waals surface area contributed by atoms with Crippen molar-refractivity contribution >= 4 is 17.5 Å². The molecule has 0 aliphatic heterocycles. The van der Waals surface area contributed by atoms with Crippen LogP contribution >= 0.6 is 11.6 Å². The van der Waals surface area contributed by atoms with Gasteiger partial charge >= 0.3 is 0 Å². The number of hydrogen-bond donors (Lipinski definition) is 1. The van der Waals surface area contributed by atoms with Crippen LogP contribution in [0.2, 0.25) is 5.02 Å². The van der Waals surface area contributed by atoms with Gasteiger partial charge in [-0.05, 0) is 30.7 Å². The second-order valence-corrected chi connectivity index (χ2v) is 3.82. The Bertz CT molecular complexity index is 366. The fourth-order valence-corrected chi connectivity index (χ4v) is 1.37. The van der Waals surface area contributed by atoms with Crippen LogP contribution in [0.3, 0.4) is 0 Å². The number of likely N-dealkylation sites (N-methyl/N-ethyl adjacent to an activating group) is 1. The van der Waals surface area contributed by atoms with Gasteiger partial charge in [-0.2, -0.15) is 0 Å². The molecule has 0 heterocycles. The molecule has 1 rings (SSSR count). The number of rotatable bonds is 3. The maximum Gasteiger partial charge on any atom is 0.253 e. The normalized spacial score (nSPS) is 10.1. The maximum absolute atomic E-state index is 11.8. The highest BCUT2D eigenvalue weighted by Crippen LogP contribution is 2.17. The van der Waals surface area contributed by atoms with E-state index in [1.165, 1.54) is 4.90 Å². The topological polar surface area (TPSA) is 40.5 Å². The molecule has 0 radical (unpaired) electrons. The van der Waals surface area contributed by atoms with Crippen LogP contribution in [-0.4, -0.2) is 36.1 Å². The minimum absolute atomic E-state index is 0.0329. The smallest absolute Gasteiger partial charge is 0.253 e. The summed E-state index contributed by atoms with van der Waals surface area (Å²) in [6.45, 7) is 2.15. The van der Waals surface area contributed by atoms with Crippen LogP contribution in [0.4, 0.5) is 0 Å². The zero-order valence-electron chi connectivity index (χ0n) is 8.83. The minimum atomic E-state index is -0.108. The van der Waals surface area contributed by atoms with Crippen molar-refractivity contribution in [2.24, 2.45) is 0 Å². The van der Waals surface area contributed by atoms with Crippen molar-refractivity contribution in [3.63, 3.8) is 0 Å². The monoisotopic (exact) mass is 227 g/mol. The van der Waals surface area contributed by atoms with E-state index in [2.05, 4.69) is 0 Å². The van der Waals surface area contributed by atoms with Gasteiger partial charge in [-0.15, -0.1) is 0 Å². The molecular formula is C11H14ClNO2. The Morgan fingerprint density at radius 1 is 1.53 bits per heavy atom. The number of aliphatic hydroxyl groups excluding tert-OH is 1. The Hall–Kier alpha value is -1.06. The highest BCUT2D eigenvalue weighted by atomic mass is 35.5. The molecule has 1 N–H and O–H groups in total. The van der Waals surface area contributed by atoms with Crippen molar-refractivity contribution in [3.05, 3.63) is 34.3 Å². The largest absolute Gasteiger partial charge is 0.395 e. The van der Waals surface area contributed by atoms with Crippen LogP contribution in [0, 0.1) is 6.92 Å². The van der Waals surface area contributed by atoms with Gasteiger partial charge in [-0.1, -0.05) is 11.6 Å². The van der Waals surface area contributed by atoms with Crippen molar-refractivity contribution in [1.82, 2.24) is 4.90 Å². The number of carbonyl (C=O) groups excluding carboxylic acids is 1. The maximum atomic E-state index is 11.8. The Balaban J connectivity index is 2.87. The summed E-state index contributed by atoms with van der Waals surface area (Å²) < 4.78 is 0. The molecule has 0 saturated carbocycles. The number of aryl methyl sites for hydroxylation is 1. The molecule has 0 aromatic heterocycles. The second-order valence-electron chi connectivity index (χ2n) is 3.41. The van der Waals surface area contributed by atoms with Crippen molar-refractivity contribution in [1.29, 1.82) is 0 Å². The zero-order valence-corrected chi connectivity index (χ0v) is 9.58. The van der Waals surface area contributed by atoms with Gasteiger partial charge in [0.1, 0.15) is 0 Å². The third kappa shape index (κ3) is 2.94. The number of hydrogen-bond acceptors (Lipinski definition) is 2. The number of amides is 1. The number of nitrogens with zero attached hydrogens (tertiary/aromatic N) is 1. The van der Waals surface area contributed by atoms with Crippen molar-refractivity contribution in [3.8, 4) is 0 Å². The lowest BCUT2D eigenvalue weighted by Gasteiger charge is -2.15. The minimum Gasteiger partial charge on any atom is -0.395 e. The summed E-state index contributed by atoms with van der Waals surface area (Å²) in [5.41, 5.74) is 1.47. The van der Waals surface area contributed by atoms with Crippen LogP contribution in [0.15, 0.2) is 18.2 Å². The predicted octanol–water partition coefficient (Wildman–Crippen LogP) is 1.71. The van der Waals surface area contributed by atoms with Crippen molar-refractivity contribution in [2.45, 2.75) is 6.92 Å². The average Bonchev–Trinajstić information content (AvgIpc) is 2.21. The molecule has 3 nitrogen and oxygen atoms in total. The van der Waals surface area contributed by atoms with Gasteiger partial charge in [-0.3, -0.25) is 4.79 Å². The molecule has 0 atom stereocenters. The van der Waals surface area contributed by atoms with E-state index in [0.29, 0.717) is 17.1 Å². The average molecular weight is 228 g/mol. The van der Waals surface area contributed by atoms with E-state index in [0.717, 1.165) is 5.56 Å². The fraction of sp³-hybridized carbons (Fsp3) is 0.364. The Morgan fingerprint density at radius 3 is 2.73 bits per heavy atom. The summed E-state index contributed by atoms with van der Waals surface area (Å²) in [5.74, 6) is -0.108. The van der Waals surface area contributed by atoms with Gasteiger partial charge < -0.3 is 10.0 Å². The Kier molecular flexibility index (Phi) is 4.12. The van der Waals surface area contributed by atoms with Crippen molar-refractivity contribution in [2.75, 3.05) is 20.2 Å². The molecular weight excluding hydrogens is 214 g/mol. The molecule has 0 fully saturated rings. The number of halogens is 1. The molecule has 82 valence electrons. The quantitative estimate of drug-likeness (QED) is 0.854. The number of benzene rings is 1. The van der Waals surface area contributed by atoms with E-state index < -0.39 is 0 Å². The first kappa shape index (κ1) is 12.0. The third-order valence-electron chi connectivity index (χ3n) is 2.19. The van der Waals surface area contributed by atoms with E-state index in [4.69, 9.17) is 16.7 Å². The molecule has 0 aliphatic carbocycles. The van der Waals surface area contributed by atoms with Gasteiger partial charge in [0.25, 0.3) is 5.91 Å². The van der Waals surface area contributed by atoms with Crippen LogP contribution in [0.25, 0.3) is 0 Å². The molecule has 0 unspecified atom stereocenters. The van der Waals surface area contributed by atoms with E-state index >= 15 is 0 Å². The first-order valence-electron chi connectivity index (χ1n) is 4.68. The molecule has 4 heteroatoms. The van der Waals surface area contributed by atoms with Crippen LogP contribution in [0.1, 0.15) is 15.9 Å². The molecule has 15 heavy (non-hydrogen) atoms. The van der Waals surface area contributed by atoms with Gasteiger partial charge in [0.15, 0.2) is 0 Å². The highest BCUT2D eigenvalue weighted by molar-refractivity contribution is 6.31. The van der Waals surface area contributed by atoms with Gasteiger partial charge in [-0.25, -0.2) is 0 Å². The Labute approximate surface area is 94.3 Å².